The smallest absolute Gasteiger partial charge is 0.305 e. The molecule has 2 heterocycles. The number of esters is 1. The maximum absolute atomic E-state index is 11.6. The van der Waals surface area contributed by atoms with Gasteiger partial charge in [-0.2, -0.15) is 5.26 Å². The zero-order chi connectivity index (χ0) is 19.7. The van der Waals surface area contributed by atoms with Gasteiger partial charge in [0.1, 0.15) is 6.07 Å². The van der Waals surface area contributed by atoms with E-state index in [0.717, 1.165) is 28.1 Å². The lowest BCUT2D eigenvalue weighted by atomic mass is 9.95. The summed E-state index contributed by atoms with van der Waals surface area (Å²) < 4.78 is 17.7. The Morgan fingerprint density at radius 2 is 2.07 bits per heavy atom. The molecule has 0 amide bonds. The Bertz CT molecular complexity index is 956. The van der Waals surface area contributed by atoms with Crippen LogP contribution >= 0.6 is 11.6 Å². The highest BCUT2D eigenvalue weighted by Gasteiger charge is 2.30. The molecule has 0 saturated heterocycles. The van der Waals surface area contributed by atoms with E-state index in [0.29, 0.717) is 41.5 Å². The van der Waals surface area contributed by atoms with Crippen LogP contribution < -0.4 is 9.47 Å². The summed E-state index contributed by atoms with van der Waals surface area (Å²) in [7, 11) is 4.49. The molecule has 1 aliphatic heterocycles. The number of carbonyl (C=O) groups excluding carboxylic acids is 1. The molecule has 1 aliphatic rings. The average molecular weight is 389 g/mol. The first-order valence-corrected chi connectivity index (χ1v) is 8.98. The minimum Gasteiger partial charge on any atom is -0.493 e. The van der Waals surface area contributed by atoms with Crippen LogP contribution in [-0.4, -0.2) is 31.9 Å². The van der Waals surface area contributed by atoms with E-state index < -0.39 is 0 Å². The Labute approximate surface area is 163 Å². The quantitative estimate of drug-likeness (QED) is 0.730. The molecule has 1 aromatic heterocycles. The molecule has 0 radical (unpaired) electrons. The van der Waals surface area contributed by atoms with E-state index in [1.54, 1.807) is 14.2 Å². The Kier molecular flexibility index (Phi) is 5.33. The number of hydrogen-bond donors (Lipinski definition) is 0. The summed E-state index contributed by atoms with van der Waals surface area (Å²) in [5, 5.41) is 10.3. The van der Waals surface area contributed by atoms with E-state index in [4.69, 9.17) is 25.8 Å². The maximum atomic E-state index is 11.6. The van der Waals surface area contributed by atoms with Crippen LogP contribution in [0.25, 0.3) is 11.3 Å². The molecule has 0 aliphatic carbocycles. The standard InChI is InChI=1S/C20H21ClN2O4/c1-11-14(10-22)19-13-9-16(25-2)20(27-4)18(21)12(13)7-8-23(19)15(11)5-6-17(24)26-3/h9H,5-8H2,1-4H3. The van der Waals surface area contributed by atoms with Crippen LogP contribution in [0.5, 0.6) is 11.5 Å². The van der Waals surface area contributed by atoms with Gasteiger partial charge in [0.2, 0.25) is 0 Å². The molecule has 0 bridgehead atoms. The number of aromatic nitrogens is 1. The molecule has 7 heteroatoms. The zero-order valence-corrected chi connectivity index (χ0v) is 16.6. The van der Waals surface area contributed by atoms with Gasteiger partial charge in [-0.15, -0.1) is 0 Å². The van der Waals surface area contributed by atoms with Crippen LogP contribution in [0, 0.1) is 18.3 Å². The van der Waals surface area contributed by atoms with Gasteiger partial charge in [0.15, 0.2) is 11.5 Å². The largest absolute Gasteiger partial charge is 0.493 e. The summed E-state index contributed by atoms with van der Waals surface area (Å²) in [5.74, 6) is 0.752. The van der Waals surface area contributed by atoms with Crippen molar-refractivity contribution in [1.82, 2.24) is 4.57 Å². The van der Waals surface area contributed by atoms with Crippen LogP contribution in [0.4, 0.5) is 0 Å². The van der Waals surface area contributed by atoms with E-state index in [2.05, 4.69) is 10.6 Å². The molecule has 0 saturated carbocycles. The van der Waals surface area contributed by atoms with Crippen molar-refractivity contribution in [3.05, 3.63) is 33.5 Å². The Morgan fingerprint density at radius 1 is 1.33 bits per heavy atom. The number of nitrogens with zero attached hydrogens (tertiary/aromatic N) is 2. The van der Waals surface area contributed by atoms with Gasteiger partial charge in [0.25, 0.3) is 0 Å². The number of benzene rings is 1. The fourth-order valence-corrected chi connectivity index (χ4v) is 4.14. The molecular formula is C20H21ClN2O4. The SMILES string of the molecule is COC(=O)CCc1c(C)c(C#N)c2n1CCc1c-2cc(OC)c(OC)c1Cl. The summed E-state index contributed by atoms with van der Waals surface area (Å²) in [6.45, 7) is 2.59. The van der Waals surface area contributed by atoms with Gasteiger partial charge < -0.3 is 18.8 Å². The molecule has 0 atom stereocenters. The normalized spacial score (nSPS) is 12.0. The fourth-order valence-electron chi connectivity index (χ4n) is 3.77. The lowest BCUT2D eigenvalue weighted by molar-refractivity contribution is -0.140. The fraction of sp³-hybridized carbons (Fsp3) is 0.400. The van der Waals surface area contributed by atoms with Crippen LogP contribution in [0.15, 0.2) is 6.07 Å². The van der Waals surface area contributed by atoms with Gasteiger partial charge in [0, 0.05) is 17.8 Å². The second-order valence-electron chi connectivity index (χ2n) is 6.34. The van der Waals surface area contributed by atoms with Crippen molar-refractivity contribution < 1.29 is 19.0 Å². The zero-order valence-electron chi connectivity index (χ0n) is 15.8. The van der Waals surface area contributed by atoms with E-state index in [9.17, 15) is 10.1 Å². The molecule has 0 N–H and O–H groups in total. The highest BCUT2D eigenvalue weighted by Crippen LogP contribution is 2.47. The van der Waals surface area contributed by atoms with Gasteiger partial charge in [0.05, 0.1) is 44.0 Å². The van der Waals surface area contributed by atoms with E-state index in [1.165, 1.54) is 7.11 Å². The van der Waals surface area contributed by atoms with E-state index in [-0.39, 0.29) is 12.4 Å². The van der Waals surface area contributed by atoms with Crippen molar-refractivity contribution >= 4 is 17.6 Å². The van der Waals surface area contributed by atoms with Gasteiger partial charge in [-0.3, -0.25) is 4.79 Å². The highest BCUT2D eigenvalue weighted by molar-refractivity contribution is 6.33. The van der Waals surface area contributed by atoms with Crippen molar-refractivity contribution in [2.24, 2.45) is 0 Å². The third-order valence-corrected chi connectivity index (χ3v) is 5.50. The molecular weight excluding hydrogens is 368 g/mol. The second kappa shape index (κ2) is 7.53. The van der Waals surface area contributed by atoms with Gasteiger partial charge in [-0.25, -0.2) is 0 Å². The number of ether oxygens (including phenoxy) is 3. The predicted molar refractivity (Wildman–Crippen MR) is 101 cm³/mol. The van der Waals surface area contributed by atoms with Crippen LogP contribution in [0.1, 0.15) is 28.8 Å². The number of halogens is 1. The summed E-state index contributed by atoms with van der Waals surface area (Å²) in [6.07, 6.45) is 1.49. The third-order valence-electron chi connectivity index (χ3n) is 5.10. The van der Waals surface area contributed by atoms with E-state index in [1.807, 2.05) is 13.0 Å². The molecule has 2 aromatic rings. The van der Waals surface area contributed by atoms with Crippen molar-refractivity contribution in [1.29, 1.82) is 5.26 Å². The van der Waals surface area contributed by atoms with Gasteiger partial charge >= 0.3 is 5.97 Å². The molecule has 142 valence electrons. The van der Waals surface area contributed by atoms with Crippen LogP contribution in [0.2, 0.25) is 5.02 Å². The summed E-state index contributed by atoms with van der Waals surface area (Å²) >= 11 is 6.58. The monoisotopic (exact) mass is 388 g/mol. The van der Waals surface area contributed by atoms with Crippen LogP contribution in [0.3, 0.4) is 0 Å². The van der Waals surface area contributed by atoms with Gasteiger partial charge in [-0.05, 0) is 37.0 Å². The first-order valence-electron chi connectivity index (χ1n) is 8.61. The lowest BCUT2D eigenvalue weighted by Crippen LogP contribution is -2.15. The van der Waals surface area contributed by atoms with E-state index >= 15 is 0 Å². The highest BCUT2D eigenvalue weighted by atomic mass is 35.5. The lowest BCUT2D eigenvalue weighted by Gasteiger charge is -2.25. The number of rotatable bonds is 5. The Hall–Kier alpha value is -2.65. The molecule has 0 fully saturated rings. The first-order chi connectivity index (χ1) is 13.0. The Morgan fingerprint density at radius 3 is 2.67 bits per heavy atom. The minimum absolute atomic E-state index is 0.269. The number of fused-ring (bicyclic) bond motifs is 3. The topological polar surface area (TPSA) is 73.5 Å². The number of carbonyl (C=O) groups is 1. The minimum atomic E-state index is -0.269. The molecule has 1 aromatic carbocycles. The second-order valence-corrected chi connectivity index (χ2v) is 6.72. The molecule has 0 spiro atoms. The van der Waals surface area contributed by atoms with Crippen molar-refractivity contribution in [3.8, 4) is 28.8 Å². The molecule has 3 rings (SSSR count). The Balaban J connectivity index is 2.21. The predicted octanol–water partition coefficient (Wildman–Crippen LogP) is 3.67. The third kappa shape index (κ3) is 3.02. The van der Waals surface area contributed by atoms with Crippen LogP contribution in [-0.2, 0) is 28.9 Å². The first kappa shape index (κ1) is 19.1. The molecule has 0 unspecified atom stereocenters. The number of methoxy groups -OCH3 is 3. The van der Waals surface area contributed by atoms with Gasteiger partial charge in [-0.1, -0.05) is 11.6 Å². The van der Waals surface area contributed by atoms with Crippen molar-refractivity contribution in [3.63, 3.8) is 0 Å². The van der Waals surface area contributed by atoms with Crippen molar-refractivity contribution in [2.75, 3.05) is 21.3 Å². The maximum Gasteiger partial charge on any atom is 0.305 e. The summed E-state index contributed by atoms with van der Waals surface area (Å²) in [6, 6.07) is 4.19. The summed E-state index contributed by atoms with van der Waals surface area (Å²) in [4.78, 5) is 11.6. The molecule has 6 nitrogen and oxygen atoms in total. The summed E-state index contributed by atoms with van der Waals surface area (Å²) in [5.41, 5.74) is 5.08. The number of hydrogen-bond acceptors (Lipinski definition) is 5. The molecule has 27 heavy (non-hydrogen) atoms. The van der Waals surface area contributed by atoms with Crippen molar-refractivity contribution in [2.45, 2.75) is 32.7 Å². The average Bonchev–Trinajstić information content (AvgIpc) is 2.96. The number of nitriles is 1.